The van der Waals surface area contributed by atoms with E-state index in [1.807, 2.05) is 13.8 Å². The minimum absolute atomic E-state index is 0.0665. The minimum Gasteiger partial charge on any atom is -0.462 e. The number of carbonyl (C=O) groups is 1. The summed E-state index contributed by atoms with van der Waals surface area (Å²) >= 11 is 4.03. The van der Waals surface area contributed by atoms with Crippen molar-refractivity contribution >= 4 is 18.6 Å². The maximum Gasteiger partial charge on any atom is 0.341 e. The van der Waals surface area contributed by atoms with E-state index < -0.39 is 11.8 Å². The molecule has 0 aromatic heterocycles. The molecule has 0 aliphatic heterocycles. The normalized spacial score (nSPS) is 10.5. The van der Waals surface area contributed by atoms with Crippen LogP contribution in [0.1, 0.15) is 24.2 Å². The number of rotatable bonds is 3. The van der Waals surface area contributed by atoms with E-state index in [0.29, 0.717) is 4.90 Å². The van der Waals surface area contributed by atoms with Crippen LogP contribution in [-0.2, 0) is 4.74 Å². The number of halogens is 1. The van der Waals surface area contributed by atoms with E-state index >= 15 is 0 Å². The van der Waals surface area contributed by atoms with Gasteiger partial charge in [0.15, 0.2) is 0 Å². The quantitative estimate of drug-likeness (QED) is 0.636. The van der Waals surface area contributed by atoms with Gasteiger partial charge >= 0.3 is 5.97 Å². The second-order valence-corrected chi connectivity index (χ2v) is 4.17. The van der Waals surface area contributed by atoms with Crippen LogP contribution in [0.5, 0.6) is 0 Å². The zero-order valence-corrected chi connectivity index (χ0v) is 9.55. The first-order valence-electron chi connectivity index (χ1n) is 4.66. The molecule has 4 heteroatoms. The van der Waals surface area contributed by atoms with E-state index in [0.717, 1.165) is 0 Å². The van der Waals surface area contributed by atoms with Crippen LogP contribution in [0, 0.1) is 11.7 Å². The van der Waals surface area contributed by atoms with E-state index in [4.69, 9.17) is 4.74 Å². The van der Waals surface area contributed by atoms with Gasteiger partial charge < -0.3 is 4.74 Å². The van der Waals surface area contributed by atoms with Crippen molar-refractivity contribution < 1.29 is 13.9 Å². The summed E-state index contributed by atoms with van der Waals surface area (Å²) in [5.74, 6) is -0.991. The molecule has 0 N–H and O–H groups in total. The fraction of sp³-hybridized carbons (Fsp3) is 0.364. The lowest BCUT2D eigenvalue weighted by atomic mass is 10.2. The van der Waals surface area contributed by atoms with E-state index in [2.05, 4.69) is 12.6 Å². The third kappa shape index (κ3) is 3.55. The molecular weight excluding hydrogens is 215 g/mol. The van der Waals surface area contributed by atoms with Crippen LogP contribution in [-0.4, -0.2) is 12.6 Å². The van der Waals surface area contributed by atoms with Crippen molar-refractivity contribution in [2.24, 2.45) is 5.92 Å². The van der Waals surface area contributed by atoms with Gasteiger partial charge in [-0.05, 0) is 24.1 Å². The molecule has 1 rings (SSSR count). The van der Waals surface area contributed by atoms with Crippen molar-refractivity contribution in [1.29, 1.82) is 0 Å². The summed E-state index contributed by atoms with van der Waals surface area (Å²) in [5.41, 5.74) is -0.0665. The van der Waals surface area contributed by atoms with E-state index in [9.17, 15) is 9.18 Å². The van der Waals surface area contributed by atoms with Crippen molar-refractivity contribution in [3.8, 4) is 0 Å². The Morgan fingerprint density at radius 1 is 1.53 bits per heavy atom. The molecule has 0 heterocycles. The first-order chi connectivity index (χ1) is 7.00. The first kappa shape index (κ1) is 12.0. The molecule has 0 bridgehead atoms. The summed E-state index contributed by atoms with van der Waals surface area (Å²) in [4.78, 5) is 12.0. The lowest BCUT2D eigenvalue weighted by Gasteiger charge is -2.07. The van der Waals surface area contributed by atoms with Gasteiger partial charge in [-0.15, -0.1) is 12.6 Å². The lowest BCUT2D eigenvalue weighted by Crippen LogP contribution is -2.11. The van der Waals surface area contributed by atoms with Crippen LogP contribution in [0.3, 0.4) is 0 Å². The molecule has 0 fully saturated rings. The molecule has 0 radical (unpaired) electrons. The lowest BCUT2D eigenvalue weighted by molar-refractivity contribution is 0.0453. The molecule has 0 atom stereocenters. The summed E-state index contributed by atoms with van der Waals surface area (Å²) in [6.45, 7) is 4.12. The molecule has 0 spiro atoms. The standard InChI is InChI=1S/C11H13FO2S/c1-7(2)6-14-11(13)9-5-8(15)3-4-10(9)12/h3-5,7,15H,6H2,1-2H3. The number of hydrogen-bond donors (Lipinski definition) is 1. The molecule has 0 amide bonds. The zero-order chi connectivity index (χ0) is 11.4. The molecule has 0 aliphatic rings. The van der Waals surface area contributed by atoms with Gasteiger partial charge in [-0.2, -0.15) is 0 Å². The Morgan fingerprint density at radius 2 is 2.20 bits per heavy atom. The summed E-state index contributed by atoms with van der Waals surface area (Å²) in [7, 11) is 0. The van der Waals surface area contributed by atoms with Crippen LogP contribution >= 0.6 is 12.6 Å². The molecule has 0 saturated heterocycles. The molecule has 15 heavy (non-hydrogen) atoms. The van der Waals surface area contributed by atoms with Crippen LogP contribution in [0.4, 0.5) is 4.39 Å². The second kappa shape index (κ2) is 5.16. The van der Waals surface area contributed by atoms with Gasteiger partial charge in [0.1, 0.15) is 5.82 Å². The predicted octanol–water partition coefficient (Wildman–Crippen LogP) is 2.93. The van der Waals surface area contributed by atoms with E-state index in [1.165, 1.54) is 18.2 Å². The van der Waals surface area contributed by atoms with Gasteiger partial charge in [-0.1, -0.05) is 13.8 Å². The Labute approximate surface area is 93.9 Å². The highest BCUT2D eigenvalue weighted by Crippen LogP contribution is 2.14. The number of hydrogen-bond acceptors (Lipinski definition) is 3. The number of benzene rings is 1. The molecule has 2 nitrogen and oxygen atoms in total. The Hall–Kier alpha value is -1.03. The highest BCUT2D eigenvalue weighted by molar-refractivity contribution is 7.80. The Bertz CT molecular complexity index is 364. The van der Waals surface area contributed by atoms with Gasteiger partial charge in [-0.3, -0.25) is 0 Å². The molecule has 1 aromatic carbocycles. The molecule has 0 unspecified atom stereocenters. The van der Waals surface area contributed by atoms with Crippen molar-refractivity contribution in [3.63, 3.8) is 0 Å². The van der Waals surface area contributed by atoms with Crippen molar-refractivity contribution in [1.82, 2.24) is 0 Å². The van der Waals surface area contributed by atoms with Crippen LogP contribution in [0.25, 0.3) is 0 Å². The molecule has 0 saturated carbocycles. The third-order valence-corrected chi connectivity index (χ3v) is 2.00. The number of ether oxygens (including phenoxy) is 1. The summed E-state index contributed by atoms with van der Waals surface area (Å²) < 4.78 is 18.1. The van der Waals surface area contributed by atoms with Crippen molar-refractivity contribution in [3.05, 3.63) is 29.6 Å². The summed E-state index contributed by atoms with van der Waals surface area (Å²) in [5, 5.41) is 0. The average Bonchev–Trinajstić information content (AvgIpc) is 2.18. The second-order valence-electron chi connectivity index (χ2n) is 3.66. The maximum absolute atomic E-state index is 13.2. The fourth-order valence-electron chi connectivity index (χ4n) is 0.990. The number of thiol groups is 1. The van der Waals surface area contributed by atoms with Gasteiger partial charge in [0.05, 0.1) is 12.2 Å². The van der Waals surface area contributed by atoms with Gasteiger partial charge in [-0.25, -0.2) is 9.18 Å². The minimum atomic E-state index is -0.642. The Morgan fingerprint density at radius 3 is 2.80 bits per heavy atom. The van der Waals surface area contributed by atoms with Gasteiger partial charge in [0.2, 0.25) is 0 Å². The fourth-order valence-corrected chi connectivity index (χ4v) is 1.19. The maximum atomic E-state index is 13.2. The first-order valence-corrected chi connectivity index (χ1v) is 5.11. The van der Waals surface area contributed by atoms with Crippen molar-refractivity contribution in [2.75, 3.05) is 6.61 Å². The monoisotopic (exact) mass is 228 g/mol. The van der Waals surface area contributed by atoms with Crippen LogP contribution in [0.15, 0.2) is 23.1 Å². The average molecular weight is 228 g/mol. The molecule has 0 aliphatic carbocycles. The third-order valence-electron chi connectivity index (χ3n) is 1.72. The van der Waals surface area contributed by atoms with Gasteiger partial charge in [0, 0.05) is 4.90 Å². The number of carbonyl (C=O) groups excluding carboxylic acids is 1. The highest BCUT2D eigenvalue weighted by atomic mass is 32.1. The summed E-state index contributed by atoms with van der Waals surface area (Å²) in [6, 6.07) is 4.05. The SMILES string of the molecule is CC(C)COC(=O)c1cc(S)ccc1F. The topological polar surface area (TPSA) is 26.3 Å². The molecular formula is C11H13FO2S. The largest absolute Gasteiger partial charge is 0.462 e. The van der Waals surface area contributed by atoms with E-state index in [-0.39, 0.29) is 18.1 Å². The number of esters is 1. The molecule has 82 valence electrons. The van der Waals surface area contributed by atoms with Crippen LogP contribution in [0.2, 0.25) is 0 Å². The highest BCUT2D eigenvalue weighted by Gasteiger charge is 2.13. The summed E-state index contributed by atoms with van der Waals surface area (Å²) in [6.07, 6.45) is 0. The smallest absolute Gasteiger partial charge is 0.341 e. The van der Waals surface area contributed by atoms with Gasteiger partial charge in [0.25, 0.3) is 0 Å². The Kier molecular flexibility index (Phi) is 4.15. The zero-order valence-electron chi connectivity index (χ0n) is 8.66. The Balaban J connectivity index is 2.77. The van der Waals surface area contributed by atoms with Crippen LogP contribution < -0.4 is 0 Å². The van der Waals surface area contributed by atoms with Crippen molar-refractivity contribution in [2.45, 2.75) is 18.7 Å². The molecule has 1 aromatic rings. The predicted molar refractivity (Wildman–Crippen MR) is 58.8 cm³/mol. The van der Waals surface area contributed by atoms with E-state index in [1.54, 1.807) is 0 Å².